The molecule has 0 saturated heterocycles. The third-order valence-electron chi connectivity index (χ3n) is 4.37. The third kappa shape index (κ3) is 3.71. The van der Waals surface area contributed by atoms with Crippen molar-refractivity contribution in [2.75, 3.05) is 5.32 Å². The molecule has 4 N–H and O–H groups in total. The van der Waals surface area contributed by atoms with Crippen LogP contribution in [0.25, 0.3) is 0 Å². The van der Waals surface area contributed by atoms with Gasteiger partial charge in [-0.1, -0.05) is 6.42 Å². The maximum Gasteiger partial charge on any atom is 0.416 e. The molecule has 1 aromatic carbocycles. The number of rotatable bonds is 4. The topological polar surface area (TPSA) is 96.8 Å². The molecule has 1 aromatic heterocycles. The first-order valence-electron chi connectivity index (χ1n) is 8.16. The Kier molecular flexibility index (Phi) is 4.71. The van der Waals surface area contributed by atoms with Crippen molar-refractivity contribution in [1.82, 2.24) is 9.78 Å². The third-order valence-corrected chi connectivity index (χ3v) is 4.37. The van der Waals surface area contributed by atoms with E-state index in [-0.39, 0.29) is 17.4 Å². The lowest BCUT2D eigenvalue weighted by Crippen LogP contribution is -2.23. The largest absolute Gasteiger partial charge is 0.416 e. The van der Waals surface area contributed by atoms with Crippen molar-refractivity contribution in [2.24, 2.45) is 5.73 Å². The molecule has 1 aliphatic carbocycles. The number of hydrogen-bond donors (Lipinski definition) is 3. The van der Waals surface area contributed by atoms with Gasteiger partial charge in [0.25, 0.3) is 5.91 Å². The lowest BCUT2D eigenvalue weighted by molar-refractivity contribution is -0.137. The molecule has 2 aromatic rings. The summed E-state index contributed by atoms with van der Waals surface area (Å²) in [6.07, 6.45) is 0.409. The van der Waals surface area contributed by atoms with E-state index in [0.717, 1.165) is 31.4 Å². The normalized spacial score (nSPS) is 18.0. The summed E-state index contributed by atoms with van der Waals surface area (Å²) in [6, 6.07) is 4.18. The summed E-state index contributed by atoms with van der Waals surface area (Å²) < 4.78 is 39.5. The Morgan fingerprint density at radius 3 is 2.54 bits per heavy atom. The maximum absolute atomic E-state index is 12.6. The molecule has 9 heteroatoms. The van der Waals surface area contributed by atoms with Crippen LogP contribution in [0.3, 0.4) is 0 Å². The number of nitrogens with zero attached hydrogens (tertiary/aromatic N) is 2. The zero-order valence-corrected chi connectivity index (χ0v) is 13.8. The molecule has 0 unspecified atom stereocenters. The van der Waals surface area contributed by atoms with Gasteiger partial charge < -0.3 is 16.5 Å². The summed E-state index contributed by atoms with van der Waals surface area (Å²) in [5.41, 5.74) is 5.64. The summed E-state index contributed by atoms with van der Waals surface area (Å²) in [7, 11) is 0. The summed E-state index contributed by atoms with van der Waals surface area (Å²) in [4.78, 5) is 11.7. The summed E-state index contributed by atoms with van der Waals surface area (Å²) in [5, 5.41) is 15.2. The van der Waals surface area contributed by atoms with Gasteiger partial charge in [0.2, 0.25) is 0 Å². The van der Waals surface area contributed by atoms with Gasteiger partial charge in [-0.2, -0.15) is 18.3 Å². The number of nitrogens with two attached hydrogens (primary N) is 1. The standard InChI is InChI=1S/C17H18F3N5O/c18-17(19,20)10-5-7-11(8-6-10)23-16-12(15(22)26)9-25(24-16)14-4-2-1-3-13(14)21/h5-9,14,21H,1-4H2,(H2,22,26)(H,23,24)/t14-/m0/s1. The molecule has 1 saturated carbocycles. The molecule has 138 valence electrons. The Balaban J connectivity index is 1.87. The zero-order chi connectivity index (χ0) is 18.9. The minimum atomic E-state index is -4.42. The number of alkyl halides is 3. The van der Waals surface area contributed by atoms with Gasteiger partial charge in [-0.05, 0) is 43.5 Å². The quantitative estimate of drug-likeness (QED) is 0.767. The minimum absolute atomic E-state index is 0.128. The average molecular weight is 365 g/mol. The van der Waals surface area contributed by atoms with Crippen LogP contribution in [0, 0.1) is 5.41 Å². The number of halogens is 3. The van der Waals surface area contributed by atoms with E-state index in [0.29, 0.717) is 17.8 Å². The van der Waals surface area contributed by atoms with Gasteiger partial charge in [0.05, 0.1) is 11.6 Å². The van der Waals surface area contributed by atoms with Gasteiger partial charge in [0, 0.05) is 17.6 Å². The summed E-state index contributed by atoms with van der Waals surface area (Å²) >= 11 is 0. The van der Waals surface area contributed by atoms with Crippen LogP contribution in [0.5, 0.6) is 0 Å². The monoisotopic (exact) mass is 365 g/mol. The van der Waals surface area contributed by atoms with Gasteiger partial charge in [-0.15, -0.1) is 0 Å². The molecular weight excluding hydrogens is 347 g/mol. The van der Waals surface area contributed by atoms with Gasteiger partial charge in [0.1, 0.15) is 5.56 Å². The van der Waals surface area contributed by atoms with Crippen molar-refractivity contribution in [1.29, 1.82) is 5.41 Å². The van der Waals surface area contributed by atoms with Gasteiger partial charge >= 0.3 is 6.18 Å². The van der Waals surface area contributed by atoms with Crippen LogP contribution in [0.2, 0.25) is 0 Å². The highest BCUT2D eigenvalue weighted by molar-refractivity contribution is 5.98. The number of carbonyl (C=O) groups is 1. The van der Waals surface area contributed by atoms with Crippen LogP contribution in [0.4, 0.5) is 24.7 Å². The van der Waals surface area contributed by atoms with E-state index < -0.39 is 17.6 Å². The second-order valence-electron chi connectivity index (χ2n) is 6.22. The number of anilines is 2. The van der Waals surface area contributed by atoms with E-state index in [1.807, 2.05) is 0 Å². The van der Waals surface area contributed by atoms with Crippen LogP contribution < -0.4 is 11.1 Å². The van der Waals surface area contributed by atoms with E-state index in [4.69, 9.17) is 11.1 Å². The molecule has 6 nitrogen and oxygen atoms in total. The maximum atomic E-state index is 12.6. The van der Waals surface area contributed by atoms with Crippen molar-refractivity contribution in [3.8, 4) is 0 Å². The molecule has 0 spiro atoms. The van der Waals surface area contributed by atoms with Crippen molar-refractivity contribution in [2.45, 2.75) is 37.9 Å². The van der Waals surface area contributed by atoms with Gasteiger partial charge in [0.15, 0.2) is 5.82 Å². The first-order chi connectivity index (χ1) is 12.3. The average Bonchev–Trinajstić information content (AvgIpc) is 2.99. The number of nitrogens with one attached hydrogen (secondary N) is 2. The van der Waals surface area contributed by atoms with E-state index in [2.05, 4.69) is 10.4 Å². The second kappa shape index (κ2) is 6.81. The lowest BCUT2D eigenvalue weighted by atomic mass is 9.93. The lowest BCUT2D eigenvalue weighted by Gasteiger charge is -2.23. The predicted molar refractivity (Wildman–Crippen MR) is 90.7 cm³/mol. The van der Waals surface area contributed by atoms with Crippen LogP contribution >= 0.6 is 0 Å². The number of amides is 1. The number of carbonyl (C=O) groups excluding carboxylic acids is 1. The molecule has 3 rings (SSSR count). The number of primary amides is 1. The molecule has 1 amide bonds. The van der Waals surface area contributed by atoms with E-state index in [1.165, 1.54) is 23.0 Å². The molecule has 0 aliphatic heterocycles. The van der Waals surface area contributed by atoms with Crippen molar-refractivity contribution in [3.63, 3.8) is 0 Å². The molecule has 1 atom stereocenters. The second-order valence-corrected chi connectivity index (χ2v) is 6.22. The number of benzene rings is 1. The molecular formula is C17H18F3N5O. The SMILES string of the molecule is N=C1CCCC[C@@H]1n1cc(C(N)=O)c(Nc2ccc(C(F)(F)F)cc2)n1. The Hall–Kier alpha value is -2.84. The van der Waals surface area contributed by atoms with Crippen LogP contribution in [-0.2, 0) is 6.18 Å². The highest BCUT2D eigenvalue weighted by atomic mass is 19.4. The summed E-state index contributed by atoms with van der Waals surface area (Å²) in [5.74, 6) is -0.538. The smallest absolute Gasteiger partial charge is 0.365 e. The molecule has 26 heavy (non-hydrogen) atoms. The first-order valence-corrected chi connectivity index (χ1v) is 8.16. The fourth-order valence-electron chi connectivity index (χ4n) is 2.99. The Bertz CT molecular complexity index is 826. The molecule has 1 fully saturated rings. The number of aromatic nitrogens is 2. The Morgan fingerprint density at radius 2 is 1.96 bits per heavy atom. The van der Waals surface area contributed by atoms with Crippen molar-refractivity contribution >= 4 is 23.1 Å². The van der Waals surface area contributed by atoms with Crippen LogP contribution in [-0.4, -0.2) is 21.4 Å². The number of hydrogen-bond acceptors (Lipinski definition) is 4. The van der Waals surface area contributed by atoms with Gasteiger partial charge in [-0.25, -0.2) is 0 Å². The van der Waals surface area contributed by atoms with Crippen molar-refractivity contribution < 1.29 is 18.0 Å². The fraction of sp³-hybridized carbons (Fsp3) is 0.353. The fourth-order valence-corrected chi connectivity index (χ4v) is 2.99. The highest BCUT2D eigenvalue weighted by Gasteiger charge is 2.30. The van der Waals surface area contributed by atoms with Crippen LogP contribution in [0.15, 0.2) is 30.5 Å². The molecule has 1 heterocycles. The van der Waals surface area contributed by atoms with Gasteiger partial charge in [-0.3, -0.25) is 9.48 Å². The summed E-state index contributed by atoms with van der Waals surface area (Å²) in [6.45, 7) is 0. The zero-order valence-electron chi connectivity index (χ0n) is 13.8. The molecule has 0 bridgehead atoms. The molecule has 0 radical (unpaired) electrons. The van der Waals surface area contributed by atoms with Crippen LogP contribution in [0.1, 0.15) is 47.6 Å². The van der Waals surface area contributed by atoms with Crippen molar-refractivity contribution in [3.05, 3.63) is 41.6 Å². The Morgan fingerprint density at radius 1 is 1.27 bits per heavy atom. The van der Waals surface area contributed by atoms with E-state index in [1.54, 1.807) is 0 Å². The highest BCUT2D eigenvalue weighted by Crippen LogP contribution is 2.31. The van der Waals surface area contributed by atoms with E-state index >= 15 is 0 Å². The minimum Gasteiger partial charge on any atom is -0.365 e. The van der Waals surface area contributed by atoms with E-state index in [9.17, 15) is 18.0 Å². The Labute approximate surface area is 147 Å². The predicted octanol–water partition coefficient (Wildman–Crippen LogP) is 3.88. The molecule has 1 aliphatic rings. The first kappa shape index (κ1) is 18.0.